The van der Waals surface area contributed by atoms with Gasteiger partial charge in [-0.2, -0.15) is 0 Å². The van der Waals surface area contributed by atoms with Crippen LogP contribution in [-0.2, 0) is 16.1 Å². The van der Waals surface area contributed by atoms with E-state index in [9.17, 15) is 4.79 Å². The molecule has 1 aromatic heterocycles. The SMILES string of the molecule is C/C(=N/OCC(=O)NCCc1ccc(Cl)cc1Cl)c1cc2ccccc2o1. The van der Waals surface area contributed by atoms with E-state index in [0.29, 0.717) is 34.5 Å². The Labute approximate surface area is 166 Å². The van der Waals surface area contributed by atoms with Gasteiger partial charge in [0.05, 0.1) is 0 Å². The minimum absolute atomic E-state index is 0.175. The number of para-hydroxylation sites is 1. The first-order valence-corrected chi connectivity index (χ1v) is 9.14. The molecule has 3 rings (SSSR count). The van der Waals surface area contributed by atoms with Gasteiger partial charge < -0.3 is 14.6 Å². The summed E-state index contributed by atoms with van der Waals surface area (Å²) in [6.45, 7) is 2.03. The Morgan fingerprint density at radius 2 is 2.00 bits per heavy atom. The minimum atomic E-state index is -0.263. The van der Waals surface area contributed by atoms with E-state index in [2.05, 4.69) is 10.5 Å². The highest BCUT2D eigenvalue weighted by atomic mass is 35.5. The molecule has 0 aliphatic carbocycles. The highest BCUT2D eigenvalue weighted by Gasteiger charge is 2.08. The van der Waals surface area contributed by atoms with E-state index >= 15 is 0 Å². The van der Waals surface area contributed by atoms with Crippen LogP contribution in [0.2, 0.25) is 10.0 Å². The minimum Gasteiger partial charge on any atom is -0.455 e. The molecule has 0 spiro atoms. The lowest BCUT2D eigenvalue weighted by Crippen LogP contribution is -2.29. The number of carbonyl (C=O) groups is 1. The van der Waals surface area contributed by atoms with E-state index < -0.39 is 0 Å². The average Bonchev–Trinajstić information content (AvgIpc) is 3.08. The molecule has 1 heterocycles. The Hall–Kier alpha value is -2.50. The lowest BCUT2D eigenvalue weighted by atomic mass is 10.1. The summed E-state index contributed by atoms with van der Waals surface area (Å²) in [5.41, 5.74) is 2.26. The van der Waals surface area contributed by atoms with Crippen molar-refractivity contribution in [2.24, 2.45) is 5.16 Å². The van der Waals surface area contributed by atoms with Crippen molar-refractivity contribution in [2.45, 2.75) is 13.3 Å². The zero-order valence-electron chi connectivity index (χ0n) is 14.7. The highest BCUT2D eigenvalue weighted by molar-refractivity contribution is 6.35. The van der Waals surface area contributed by atoms with Gasteiger partial charge in [0.1, 0.15) is 11.3 Å². The lowest BCUT2D eigenvalue weighted by molar-refractivity contribution is -0.125. The number of carbonyl (C=O) groups excluding carboxylic acids is 1. The maximum Gasteiger partial charge on any atom is 0.260 e. The second-order valence-electron chi connectivity index (χ2n) is 5.93. The average molecular weight is 405 g/mol. The first kappa shape index (κ1) is 19.3. The summed E-state index contributed by atoms with van der Waals surface area (Å²) in [5, 5.41) is 8.86. The number of hydrogen-bond acceptors (Lipinski definition) is 4. The Balaban J connectivity index is 1.45. The van der Waals surface area contributed by atoms with Crippen LogP contribution in [-0.4, -0.2) is 24.8 Å². The fraction of sp³-hybridized carbons (Fsp3) is 0.200. The molecule has 140 valence electrons. The van der Waals surface area contributed by atoms with Crippen LogP contribution in [0.5, 0.6) is 0 Å². The molecule has 7 heteroatoms. The molecule has 0 saturated carbocycles. The van der Waals surface area contributed by atoms with Gasteiger partial charge >= 0.3 is 0 Å². The molecule has 0 saturated heterocycles. The monoisotopic (exact) mass is 404 g/mol. The Morgan fingerprint density at radius 3 is 2.78 bits per heavy atom. The molecule has 1 amide bonds. The number of fused-ring (bicyclic) bond motifs is 1. The van der Waals surface area contributed by atoms with E-state index in [0.717, 1.165) is 16.5 Å². The van der Waals surface area contributed by atoms with E-state index in [4.69, 9.17) is 32.5 Å². The van der Waals surface area contributed by atoms with Crippen molar-refractivity contribution in [1.29, 1.82) is 0 Å². The third-order valence-corrected chi connectivity index (χ3v) is 4.50. The summed E-state index contributed by atoms with van der Waals surface area (Å²) in [4.78, 5) is 17.0. The Kier molecular flexibility index (Phi) is 6.37. The molecule has 0 bridgehead atoms. The van der Waals surface area contributed by atoms with Gasteiger partial charge in [0.2, 0.25) is 0 Å². The summed E-state index contributed by atoms with van der Waals surface area (Å²) < 4.78 is 5.69. The molecule has 3 aromatic rings. The van der Waals surface area contributed by atoms with Crippen LogP contribution in [0.4, 0.5) is 0 Å². The maximum atomic E-state index is 11.8. The van der Waals surface area contributed by atoms with Crippen molar-refractivity contribution in [2.75, 3.05) is 13.2 Å². The number of amides is 1. The quantitative estimate of drug-likeness (QED) is 0.452. The number of nitrogens with one attached hydrogen (secondary N) is 1. The summed E-state index contributed by atoms with van der Waals surface area (Å²) >= 11 is 12.0. The number of rotatable bonds is 7. The summed E-state index contributed by atoms with van der Waals surface area (Å²) in [6.07, 6.45) is 0.600. The number of oxime groups is 1. The largest absolute Gasteiger partial charge is 0.455 e. The summed E-state index contributed by atoms with van der Waals surface area (Å²) in [6, 6.07) is 14.8. The van der Waals surface area contributed by atoms with Crippen molar-refractivity contribution in [3.05, 3.63) is 69.9 Å². The van der Waals surface area contributed by atoms with Crippen molar-refractivity contribution < 1.29 is 14.0 Å². The first-order valence-electron chi connectivity index (χ1n) is 8.39. The van der Waals surface area contributed by atoms with Gasteiger partial charge in [-0.15, -0.1) is 0 Å². The van der Waals surface area contributed by atoms with Crippen molar-refractivity contribution in [1.82, 2.24) is 5.32 Å². The van der Waals surface area contributed by atoms with Gasteiger partial charge in [-0.1, -0.05) is 52.6 Å². The lowest BCUT2D eigenvalue weighted by Gasteiger charge is -2.06. The first-order chi connectivity index (χ1) is 13.0. The third-order valence-electron chi connectivity index (χ3n) is 3.91. The molecule has 0 aliphatic heterocycles. The molecule has 0 fully saturated rings. The van der Waals surface area contributed by atoms with E-state index in [1.807, 2.05) is 36.4 Å². The van der Waals surface area contributed by atoms with Gasteiger partial charge in [-0.25, -0.2) is 0 Å². The van der Waals surface area contributed by atoms with Crippen molar-refractivity contribution in [3.8, 4) is 0 Å². The number of benzene rings is 2. The molecule has 27 heavy (non-hydrogen) atoms. The van der Waals surface area contributed by atoms with Gasteiger partial charge in [0.25, 0.3) is 5.91 Å². The topological polar surface area (TPSA) is 63.8 Å². The summed E-state index contributed by atoms with van der Waals surface area (Å²) in [5.74, 6) is 0.343. The zero-order valence-corrected chi connectivity index (χ0v) is 16.2. The predicted molar refractivity (Wildman–Crippen MR) is 108 cm³/mol. The molecule has 0 radical (unpaired) electrons. The van der Waals surface area contributed by atoms with Crippen LogP contribution in [0.1, 0.15) is 18.2 Å². The Bertz CT molecular complexity index is 949. The van der Waals surface area contributed by atoms with Crippen LogP contribution in [0.15, 0.2) is 58.1 Å². The van der Waals surface area contributed by atoms with Crippen LogP contribution in [0.3, 0.4) is 0 Å². The Morgan fingerprint density at radius 1 is 1.19 bits per heavy atom. The van der Waals surface area contributed by atoms with Crippen LogP contribution in [0.25, 0.3) is 11.0 Å². The van der Waals surface area contributed by atoms with Crippen LogP contribution in [0, 0.1) is 0 Å². The standard InChI is InChI=1S/C20H18Cl2N2O3/c1-13(19-10-15-4-2-3-5-18(15)27-19)24-26-12-20(25)23-9-8-14-6-7-16(21)11-17(14)22/h2-7,10-11H,8-9,12H2,1H3,(H,23,25)/b24-13-. The molecule has 5 nitrogen and oxygen atoms in total. The number of hydrogen-bond donors (Lipinski definition) is 1. The van der Waals surface area contributed by atoms with Gasteiger partial charge in [-0.3, -0.25) is 4.79 Å². The fourth-order valence-corrected chi connectivity index (χ4v) is 3.01. The van der Waals surface area contributed by atoms with Gasteiger partial charge in [0.15, 0.2) is 12.4 Å². The van der Waals surface area contributed by atoms with Crippen molar-refractivity contribution in [3.63, 3.8) is 0 Å². The van der Waals surface area contributed by atoms with Crippen LogP contribution >= 0.6 is 23.2 Å². The van der Waals surface area contributed by atoms with Gasteiger partial charge in [-0.05, 0) is 43.2 Å². The number of furan rings is 1. The predicted octanol–water partition coefficient (Wildman–Crippen LogP) is 4.84. The number of halogens is 2. The maximum absolute atomic E-state index is 11.8. The second-order valence-corrected chi connectivity index (χ2v) is 6.78. The molecule has 0 aliphatic rings. The molecular formula is C20H18Cl2N2O3. The fourth-order valence-electron chi connectivity index (χ4n) is 2.50. The van der Waals surface area contributed by atoms with E-state index in [1.165, 1.54) is 0 Å². The molecule has 2 aromatic carbocycles. The normalized spacial score (nSPS) is 11.6. The highest BCUT2D eigenvalue weighted by Crippen LogP contribution is 2.21. The van der Waals surface area contributed by atoms with Gasteiger partial charge in [0, 0.05) is 22.0 Å². The smallest absolute Gasteiger partial charge is 0.260 e. The van der Waals surface area contributed by atoms with Crippen molar-refractivity contribution >= 4 is 45.8 Å². The van der Waals surface area contributed by atoms with E-state index in [1.54, 1.807) is 19.1 Å². The number of nitrogens with zero attached hydrogens (tertiary/aromatic N) is 1. The molecule has 0 unspecified atom stereocenters. The zero-order chi connectivity index (χ0) is 19.2. The summed E-state index contributed by atoms with van der Waals surface area (Å²) in [7, 11) is 0. The van der Waals surface area contributed by atoms with E-state index in [-0.39, 0.29) is 12.5 Å². The third kappa shape index (κ3) is 5.25. The molecule has 1 N–H and O–H groups in total. The second kappa shape index (κ2) is 8.93. The van der Waals surface area contributed by atoms with Crippen LogP contribution < -0.4 is 5.32 Å². The molecular weight excluding hydrogens is 387 g/mol. The molecule has 0 atom stereocenters.